The van der Waals surface area contributed by atoms with Crippen LogP contribution in [0.3, 0.4) is 0 Å². The van der Waals surface area contributed by atoms with Crippen LogP contribution in [-0.4, -0.2) is 11.1 Å². The maximum atomic E-state index is 10.7. The molecule has 0 amide bonds. The summed E-state index contributed by atoms with van der Waals surface area (Å²) in [6.07, 6.45) is 27.9. The Morgan fingerprint density at radius 2 is 0.838 bits per heavy atom. The van der Waals surface area contributed by atoms with Gasteiger partial charge < -0.3 is 5.11 Å². The number of rotatable bonds is 20. The third kappa shape index (κ3) is 24.0. The van der Waals surface area contributed by atoms with Crippen molar-refractivity contribution in [2.45, 2.75) is 139 Å². The summed E-state index contributed by atoms with van der Waals surface area (Å²) in [7, 11) is 0. The van der Waals surface area contributed by atoms with Gasteiger partial charge in [-0.25, -0.2) is 0 Å². The monoisotopic (exact) mass is 510 g/mol. The van der Waals surface area contributed by atoms with Crippen molar-refractivity contribution in [3.63, 3.8) is 0 Å². The van der Waals surface area contributed by atoms with Crippen LogP contribution in [0.5, 0.6) is 0 Å². The Morgan fingerprint density at radius 1 is 0.541 bits per heavy atom. The molecule has 0 aromatic rings. The molecule has 0 fully saturated rings. The molecule has 0 aliphatic rings. The summed E-state index contributed by atoms with van der Waals surface area (Å²) in [5.41, 5.74) is 8.83. The first-order valence-corrected chi connectivity index (χ1v) is 14.6. The van der Waals surface area contributed by atoms with Crippen LogP contribution >= 0.6 is 0 Å². The Labute approximate surface area is 230 Å². The van der Waals surface area contributed by atoms with E-state index in [4.69, 9.17) is 5.11 Å². The van der Waals surface area contributed by atoms with Crippen molar-refractivity contribution in [1.82, 2.24) is 0 Å². The maximum absolute atomic E-state index is 10.7. The summed E-state index contributed by atoms with van der Waals surface area (Å²) >= 11 is 0. The predicted molar refractivity (Wildman–Crippen MR) is 165 cm³/mol. The molecule has 0 aromatic heterocycles. The second-order valence-corrected chi connectivity index (χ2v) is 11.5. The molecule has 210 valence electrons. The van der Waals surface area contributed by atoms with Gasteiger partial charge in [-0.2, -0.15) is 0 Å². The first kappa shape index (κ1) is 34.9. The van der Waals surface area contributed by atoms with E-state index in [1.807, 2.05) is 6.92 Å². The number of carbonyl (C=O) groups is 1. The van der Waals surface area contributed by atoms with Gasteiger partial charge in [0.1, 0.15) is 0 Å². The van der Waals surface area contributed by atoms with Gasteiger partial charge in [-0.1, -0.05) is 76.8 Å². The van der Waals surface area contributed by atoms with E-state index in [0.29, 0.717) is 0 Å². The van der Waals surface area contributed by atoms with Gasteiger partial charge in [-0.3, -0.25) is 4.79 Å². The zero-order valence-corrected chi connectivity index (χ0v) is 25.6. The standard InChI is InChI=1S/C35H58O2/c1-28(2)15-9-16-29(3)17-10-18-30(4)19-11-20-31(5)21-12-22-32(6)23-13-24-33(7)25-14-26-34(8)27-35(36)37/h15,17,19,21,23,25,34H,9-14,16,18,20,22,24,26-27H2,1-8H3,(H,36,37)/b29-17+,30-19+,31-21+,32-23+,33-25+. The molecule has 0 radical (unpaired) electrons. The number of allylic oxidation sites excluding steroid dienone is 12. The average molecular weight is 511 g/mol. The van der Waals surface area contributed by atoms with Crippen LogP contribution in [-0.2, 0) is 4.79 Å². The van der Waals surface area contributed by atoms with Crippen LogP contribution in [0.25, 0.3) is 0 Å². The summed E-state index contributed by atoms with van der Waals surface area (Å²) in [6, 6.07) is 0. The minimum Gasteiger partial charge on any atom is -0.481 e. The fourth-order valence-corrected chi connectivity index (χ4v) is 4.30. The second kappa shape index (κ2) is 21.9. The highest BCUT2D eigenvalue weighted by molar-refractivity contribution is 5.66. The van der Waals surface area contributed by atoms with Gasteiger partial charge in [-0.15, -0.1) is 0 Å². The molecule has 1 unspecified atom stereocenters. The maximum Gasteiger partial charge on any atom is 0.303 e. The second-order valence-electron chi connectivity index (χ2n) is 11.5. The van der Waals surface area contributed by atoms with E-state index in [9.17, 15) is 4.79 Å². The van der Waals surface area contributed by atoms with Gasteiger partial charge in [0.25, 0.3) is 0 Å². The van der Waals surface area contributed by atoms with Crippen LogP contribution in [0.15, 0.2) is 69.9 Å². The Hall–Kier alpha value is -2.09. The fourth-order valence-electron chi connectivity index (χ4n) is 4.30. The SMILES string of the molecule is CC(C)=CCC/C(C)=C/CC/C(C)=C/CC/C(C)=C/CC/C(C)=C/CC/C(C)=C/CCC(C)CC(=O)O. The quantitative estimate of drug-likeness (QED) is 0.165. The largest absolute Gasteiger partial charge is 0.481 e. The zero-order chi connectivity index (χ0) is 28.1. The summed E-state index contributed by atoms with van der Waals surface area (Å²) in [6.45, 7) is 17.6. The molecule has 2 heteroatoms. The average Bonchev–Trinajstić information content (AvgIpc) is 2.78. The molecule has 0 rings (SSSR count). The summed E-state index contributed by atoms with van der Waals surface area (Å²) in [4.78, 5) is 10.7. The van der Waals surface area contributed by atoms with E-state index in [-0.39, 0.29) is 12.3 Å². The minimum absolute atomic E-state index is 0.250. The molecule has 37 heavy (non-hydrogen) atoms. The Morgan fingerprint density at radius 3 is 1.14 bits per heavy atom. The molecule has 0 aliphatic heterocycles. The van der Waals surface area contributed by atoms with Crippen molar-refractivity contribution in [1.29, 1.82) is 0 Å². The van der Waals surface area contributed by atoms with E-state index in [2.05, 4.69) is 84.9 Å². The molecule has 0 aromatic carbocycles. The highest BCUT2D eigenvalue weighted by Gasteiger charge is 2.06. The van der Waals surface area contributed by atoms with E-state index in [0.717, 1.165) is 64.2 Å². The summed E-state index contributed by atoms with van der Waals surface area (Å²) in [5.74, 6) is -0.444. The zero-order valence-electron chi connectivity index (χ0n) is 25.6. The number of aliphatic carboxylic acids is 1. The van der Waals surface area contributed by atoms with E-state index in [1.54, 1.807) is 0 Å². The van der Waals surface area contributed by atoms with Crippen LogP contribution in [0, 0.1) is 5.92 Å². The van der Waals surface area contributed by atoms with Gasteiger partial charge in [-0.05, 0) is 131 Å². The lowest BCUT2D eigenvalue weighted by Gasteiger charge is -2.06. The summed E-state index contributed by atoms with van der Waals surface area (Å²) < 4.78 is 0. The highest BCUT2D eigenvalue weighted by atomic mass is 16.4. The van der Waals surface area contributed by atoms with E-state index in [1.165, 1.54) is 46.3 Å². The smallest absolute Gasteiger partial charge is 0.303 e. The van der Waals surface area contributed by atoms with Crippen LogP contribution < -0.4 is 0 Å². The lowest BCUT2D eigenvalue weighted by atomic mass is 10.00. The topological polar surface area (TPSA) is 37.3 Å². The highest BCUT2D eigenvalue weighted by Crippen LogP contribution is 2.17. The molecular formula is C35H58O2. The van der Waals surface area contributed by atoms with Gasteiger partial charge >= 0.3 is 5.97 Å². The first-order chi connectivity index (χ1) is 17.5. The predicted octanol–water partition coefficient (Wildman–Crippen LogP) is 11.5. The lowest BCUT2D eigenvalue weighted by molar-refractivity contribution is -0.138. The van der Waals surface area contributed by atoms with Crippen molar-refractivity contribution in [2.24, 2.45) is 5.92 Å². The number of hydrogen-bond acceptors (Lipinski definition) is 1. The van der Waals surface area contributed by atoms with Crippen molar-refractivity contribution in [2.75, 3.05) is 0 Å². The molecule has 0 heterocycles. The van der Waals surface area contributed by atoms with Gasteiger partial charge in [0.05, 0.1) is 0 Å². The minimum atomic E-state index is -0.693. The Bertz CT molecular complexity index is 825. The molecular weight excluding hydrogens is 452 g/mol. The van der Waals surface area contributed by atoms with Gasteiger partial charge in [0, 0.05) is 6.42 Å². The van der Waals surface area contributed by atoms with E-state index >= 15 is 0 Å². The van der Waals surface area contributed by atoms with Crippen molar-refractivity contribution in [3.05, 3.63) is 69.9 Å². The van der Waals surface area contributed by atoms with Crippen LogP contribution in [0.2, 0.25) is 0 Å². The molecule has 1 N–H and O–H groups in total. The molecule has 0 saturated carbocycles. The van der Waals surface area contributed by atoms with Crippen molar-refractivity contribution in [3.8, 4) is 0 Å². The number of hydrogen-bond donors (Lipinski definition) is 1. The normalized spacial score (nSPS) is 14.6. The first-order valence-electron chi connectivity index (χ1n) is 14.6. The third-order valence-electron chi connectivity index (χ3n) is 6.89. The molecule has 1 atom stereocenters. The van der Waals surface area contributed by atoms with Gasteiger partial charge in [0.15, 0.2) is 0 Å². The van der Waals surface area contributed by atoms with E-state index < -0.39 is 5.97 Å². The molecule has 0 saturated heterocycles. The number of carboxylic acid groups (broad SMARTS) is 1. The molecule has 0 spiro atoms. The summed E-state index contributed by atoms with van der Waals surface area (Å²) in [5, 5.41) is 8.85. The Balaban J connectivity index is 4.14. The fraction of sp³-hybridized carbons (Fsp3) is 0.629. The molecule has 0 aliphatic carbocycles. The van der Waals surface area contributed by atoms with Crippen LogP contribution in [0.4, 0.5) is 0 Å². The third-order valence-corrected chi connectivity index (χ3v) is 6.89. The van der Waals surface area contributed by atoms with Crippen molar-refractivity contribution >= 4 is 5.97 Å². The van der Waals surface area contributed by atoms with Crippen LogP contribution in [0.1, 0.15) is 139 Å². The lowest BCUT2D eigenvalue weighted by Crippen LogP contribution is -2.03. The van der Waals surface area contributed by atoms with Crippen molar-refractivity contribution < 1.29 is 9.90 Å². The number of carboxylic acids is 1. The van der Waals surface area contributed by atoms with Gasteiger partial charge in [0.2, 0.25) is 0 Å². The molecule has 0 bridgehead atoms. The molecule has 2 nitrogen and oxygen atoms in total. The Kier molecular flexibility index (Phi) is 20.7.